The van der Waals surface area contributed by atoms with Crippen molar-refractivity contribution in [3.63, 3.8) is 0 Å². The molecule has 0 rings (SSSR count). The van der Waals surface area contributed by atoms with Crippen LogP contribution in [-0.2, 0) is 0 Å². The fourth-order valence-electron chi connectivity index (χ4n) is 0. The molecule has 0 aliphatic heterocycles. The van der Waals surface area contributed by atoms with Crippen molar-refractivity contribution < 1.29 is 0 Å². The fourth-order valence-corrected chi connectivity index (χ4v) is 0. The Kier molecular flexibility index (Phi) is 17.2. The van der Waals surface area contributed by atoms with Gasteiger partial charge in [-0.05, 0) is 36.6 Å². The minimum atomic E-state index is 0.764. The summed E-state index contributed by atoms with van der Waals surface area (Å²) in [6, 6.07) is 0. The maximum absolute atomic E-state index is 2.42. The van der Waals surface area contributed by atoms with Gasteiger partial charge in [-0.25, -0.2) is 0 Å². The minimum absolute atomic E-state index is 0.764. The van der Waals surface area contributed by atoms with Crippen molar-refractivity contribution in [2.75, 3.05) is 0 Å². The van der Waals surface area contributed by atoms with E-state index >= 15 is 0 Å². The summed E-state index contributed by atoms with van der Waals surface area (Å²) < 4.78 is 2.42. The van der Waals surface area contributed by atoms with Crippen LogP contribution >= 0.6 is 0 Å². The zero-order valence-corrected chi connectivity index (χ0v) is 19.7. The van der Waals surface area contributed by atoms with Crippen molar-refractivity contribution in [3.8, 4) is 0 Å². The third kappa shape index (κ3) is 51.1. The Bertz CT molecular complexity index is 20.8. The van der Waals surface area contributed by atoms with Gasteiger partial charge in [-0.3, -0.25) is 0 Å². The maximum atomic E-state index is 2.42. The summed E-state index contributed by atoms with van der Waals surface area (Å²) in [5.41, 5.74) is 0. The highest BCUT2D eigenvalue weighted by Crippen LogP contribution is 1.38. The summed E-state index contributed by atoms with van der Waals surface area (Å²) in [5, 5.41) is 0. The van der Waals surface area contributed by atoms with Gasteiger partial charge in [-0.15, -0.1) is 0 Å². The van der Waals surface area contributed by atoms with Crippen molar-refractivity contribution in [3.05, 3.63) is 0 Å². The summed E-state index contributed by atoms with van der Waals surface area (Å²) >= 11 is 0. The standard InChI is InChI=1S/H9NSi3.H10Si4/c2-1(3)4;1-3-4-2/h2-4H3;3-4H2,1-2H3. The molecular weight excluding hydrogens is 211 g/mol. The highest BCUT2D eigenvalue weighted by atomic mass is 29.7. The summed E-state index contributed by atoms with van der Waals surface area (Å²) in [7, 11) is 8.69. The van der Waals surface area contributed by atoms with E-state index in [4.69, 9.17) is 0 Å². The molecule has 0 heterocycles. The highest BCUT2D eigenvalue weighted by molar-refractivity contribution is 7.37. The molecule has 52 valence electrons. The second-order valence-electron chi connectivity index (χ2n) is 2.34. The largest absolute Gasteiger partial charge is 0.390 e. The maximum Gasteiger partial charge on any atom is 0.0625 e. The van der Waals surface area contributed by atoms with E-state index in [1.807, 2.05) is 0 Å². The van der Waals surface area contributed by atoms with Crippen LogP contribution in [0.2, 0.25) is 0 Å². The van der Waals surface area contributed by atoms with E-state index < -0.39 is 0 Å². The third-order valence-electron chi connectivity index (χ3n) is 0.500. The van der Waals surface area contributed by atoms with Crippen LogP contribution in [0.15, 0.2) is 0 Å². The summed E-state index contributed by atoms with van der Waals surface area (Å²) in [4.78, 5) is 0. The van der Waals surface area contributed by atoms with E-state index in [9.17, 15) is 0 Å². The molecule has 1 nitrogen and oxygen atoms in total. The molecule has 0 aliphatic rings. The van der Waals surface area contributed by atoms with Crippen LogP contribution in [0.1, 0.15) is 0 Å². The Morgan fingerprint density at radius 3 is 1.00 bits per heavy atom. The number of hydrogen-bond donors (Lipinski definition) is 0. The molecule has 0 aromatic rings. The predicted octanol–water partition coefficient (Wildman–Crippen LogP) is -8.07. The molecular formula is H19NSi7. The quantitative estimate of drug-likeness (QED) is 0.404. The van der Waals surface area contributed by atoms with Crippen LogP contribution in [0.25, 0.3) is 0 Å². The first-order valence-electron chi connectivity index (χ1n) is 3.26. The lowest BCUT2D eigenvalue weighted by atomic mass is 13.8. The summed E-state index contributed by atoms with van der Waals surface area (Å²) in [6.45, 7) is 0. The smallest absolute Gasteiger partial charge is 0.0625 e. The summed E-state index contributed by atoms with van der Waals surface area (Å²) in [5.74, 6) is 0. The predicted molar refractivity (Wildman–Crippen MR) is 68.6 cm³/mol. The topological polar surface area (TPSA) is 3.24 Å². The molecule has 0 N–H and O–H groups in total. The van der Waals surface area contributed by atoms with E-state index in [1.54, 1.807) is 19.5 Å². The van der Waals surface area contributed by atoms with Gasteiger partial charge >= 0.3 is 0 Å². The van der Waals surface area contributed by atoms with Crippen LogP contribution in [0.3, 0.4) is 0 Å². The highest BCUT2D eigenvalue weighted by Gasteiger charge is 1.61. The molecule has 8 heteroatoms. The van der Waals surface area contributed by atoms with E-state index in [0.29, 0.717) is 0 Å². The molecule has 8 heavy (non-hydrogen) atoms. The first-order chi connectivity index (χ1) is 3.65. The molecule has 0 unspecified atom stereocenters. The lowest BCUT2D eigenvalue weighted by Crippen LogP contribution is -2.08. The molecule has 0 saturated heterocycles. The SMILES string of the molecule is [SiH3]N([SiH3])[SiH3].[SiH3][SiH2][SiH2][SiH3]. The van der Waals surface area contributed by atoms with Gasteiger partial charge in [0, 0.05) is 0 Å². The number of rotatable bonds is 1. The lowest BCUT2D eigenvalue weighted by molar-refractivity contribution is 1.18. The van der Waals surface area contributed by atoms with E-state index in [2.05, 4.69) is 3.90 Å². The van der Waals surface area contributed by atoms with Crippen molar-refractivity contribution in [1.82, 2.24) is 3.90 Å². The van der Waals surface area contributed by atoms with Gasteiger partial charge in [-0.2, -0.15) is 0 Å². The second kappa shape index (κ2) is 11.3. The van der Waals surface area contributed by atoms with Crippen LogP contribution in [0.5, 0.6) is 0 Å². The average Bonchev–Trinajstić information content (AvgIpc) is 1.65. The van der Waals surface area contributed by atoms with Crippen LogP contribution < -0.4 is 0 Å². The molecule has 0 spiro atoms. The first kappa shape index (κ1) is 12.2. The average molecular weight is 230 g/mol. The fraction of sp³-hybridized carbons (Fsp3) is 0. The molecule has 0 aromatic carbocycles. The molecule has 0 fully saturated rings. The van der Waals surface area contributed by atoms with Crippen LogP contribution in [-0.4, -0.2) is 71.7 Å². The number of nitrogens with zero attached hydrogens (tertiary/aromatic N) is 1. The molecule has 0 saturated carbocycles. The number of hydrogen-bond acceptors (Lipinski definition) is 1. The second-order valence-corrected chi connectivity index (χ2v) is 39.1. The van der Waals surface area contributed by atoms with Gasteiger partial charge in [0.2, 0.25) is 0 Å². The van der Waals surface area contributed by atoms with Crippen molar-refractivity contribution in [2.24, 2.45) is 0 Å². The van der Waals surface area contributed by atoms with Crippen LogP contribution in [0, 0.1) is 0 Å². The van der Waals surface area contributed by atoms with Gasteiger partial charge in [-0.1, -0.05) is 0 Å². The molecule has 0 bridgehead atoms. The normalized spacial score (nSPS) is 13.1. The van der Waals surface area contributed by atoms with Gasteiger partial charge in [0.25, 0.3) is 0 Å². The van der Waals surface area contributed by atoms with E-state index in [-0.39, 0.29) is 0 Å². The first-order valence-corrected chi connectivity index (χ1v) is 21.3. The zero-order chi connectivity index (χ0) is 6.99. The third-order valence-corrected chi connectivity index (χ3v) is 40.5. The Hall–Kier alpha value is 1.48. The molecule has 0 amide bonds. The molecule has 0 atom stereocenters. The van der Waals surface area contributed by atoms with Gasteiger partial charge in [0.15, 0.2) is 0 Å². The molecule has 0 aromatic heterocycles. The molecule has 0 radical (unpaired) electrons. The van der Waals surface area contributed by atoms with Gasteiger partial charge in [0.05, 0.1) is 31.2 Å². The van der Waals surface area contributed by atoms with E-state index in [0.717, 1.165) is 17.1 Å². The van der Waals surface area contributed by atoms with Crippen LogP contribution in [0.4, 0.5) is 0 Å². The summed E-state index contributed by atoms with van der Waals surface area (Å²) in [6.07, 6.45) is 0. The Morgan fingerprint density at radius 2 is 1.00 bits per heavy atom. The van der Waals surface area contributed by atoms with Crippen molar-refractivity contribution in [2.45, 2.75) is 0 Å². The van der Waals surface area contributed by atoms with Gasteiger partial charge < -0.3 is 3.90 Å². The Labute approximate surface area is 71.7 Å². The molecule has 0 aliphatic carbocycles. The van der Waals surface area contributed by atoms with Crippen molar-refractivity contribution >= 4 is 67.8 Å². The van der Waals surface area contributed by atoms with E-state index in [1.165, 1.54) is 31.2 Å². The Balaban J connectivity index is 0. The minimum Gasteiger partial charge on any atom is -0.390 e. The lowest BCUT2D eigenvalue weighted by Gasteiger charge is -1.91. The van der Waals surface area contributed by atoms with Gasteiger partial charge in [0.1, 0.15) is 0 Å². The monoisotopic (exact) mass is 229 g/mol. The Morgan fingerprint density at radius 1 is 0.875 bits per heavy atom. The zero-order valence-electron chi connectivity index (χ0n) is 6.86. The van der Waals surface area contributed by atoms with Crippen molar-refractivity contribution in [1.29, 1.82) is 0 Å².